The fraction of sp³-hybridized carbons (Fsp3) is 0.556. The Morgan fingerprint density at radius 2 is 2.36 bits per heavy atom. The maximum absolute atomic E-state index is 10.8. The molecule has 1 aliphatic rings. The van der Waals surface area contributed by atoms with Gasteiger partial charge in [0.25, 0.3) is 0 Å². The highest BCUT2D eigenvalue weighted by Crippen LogP contribution is 2.26. The predicted octanol–water partition coefficient (Wildman–Crippen LogP) is 0.717. The van der Waals surface area contributed by atoms with Gasteiger partial charge in [-0.3, -0.25) is 0 Å². The number of carboxylic acids is 1. The number of carbonyl (C=O) groups is 1. The van der Waals surface area contributed by atoms with Crippen molar-refractivity contribution in [3.63, 3.8) is 0 Å². The molecule has 1 atom stereocenters. The Morgan fingerprint density at radius 1 is 1.64 bits per heavy atom. The molecule has 0 spiro atoms. The van der Waals surface area contributed by atoms with Gasteiger partial charge in [-0.05, 0) is 26.2 Å². The van der Waals surface area contributed by atoms with E-state index in [-0.39, 0.29) is 5.69 Å². The van der Waals surface area contributed by atoms with Gasteiger partial charge in [0.2, 0.25) is 0 Å². The fourth-order valence-corrected chi connectivity index (χ4v) is 1.98. The molecule has 0 aliphatic carbocycles. The van der Waals surface area contributed by atoms with Crippen LogP contribution in [0.2, 0.25) is 0 Å². The molecule has 0 saturated heterocycles. The second-order valence-electron chi connectivity index (χ2n) is 3.50. The Morgan fingerprint density at radius 3 is 3.00 bits per heavy atom. The number of aryl methyl sites for hydroxylation is 1. The number of rotatable bonds is 1. The summed E-state index contributed by atoms with van der Waals surface area (Å²) in [5, 5.41) is 18.6. The number of aromatic carboxylic acids is 1. The van der Waals surface area contributed by atoms with Crippen LogP contribution in [0.15, 0.2) is 0 Å². The lowest BCUT2D eigenvalue weighted by Gasteiger charge is -2.22. The average Bonchev–Trinajstić information content (AvgIpc) is 2.45. The summed E-state index contributed by atoms with van der Waals surface area (Å²) >= 11 is 0. The topological polar surface area (TPSA) is 75.3 Å². The third-order valence-electron chi connectivity index (χ3n) is 2.56. The smallest absolute Gasteiger partial charge is 0.356 e. The van der Waals surface area contributed by atoms with E-state index in [4.69, 9.17) is 5.11 Å². The highest BCUT2D eigenvalue weighted by atomic mass is 16.4. The van der Waals surface area contributed by atoms with E-state index in [1.165, 1.54) is 0 Å². The molecule has 1 aliphatic heterocycles. The van der Waals surface area contributed by atoms with Crippen molar-refractivity contribution in [2.45, 2.75) is 32.4 Å². The number of carboxylic acid groups (broad SMARTS) is 1. The zero-order valence-electron chi connectivity index (χ0n) is 7.90. The first kappa shape index (κ1) is 9.21. The van der Waals surface area contributed by atoms with Crippen LogP contribution in [0.25, 0.3) is 0 Å². The largest absolute Gasteiger partial charge is 0.476 e. The molecule has 1 aromatic rings. The molecule has 0 aromatic carbocycles. The van der Waals surface area contributed by atoms with Crippen molar-refractivity contribution >= 4 is 5.97 Å². The minimum Gasteiger partial charge on any atom is -0.476 e. The van der Waals surface area contributed by atoms with E-state index in [1.54, 1.807) is 11.5 Å². The molecule has 14 heavy (non-hydrogen) atoms. The molecule has 5 heteroatoms. The summed E-state index contributed by atoms with van der Waals surface area (Å²) in [7, 11) is 0. The van der Waals surface area contributed by atoms with Crippen LogP contribution in [0.3, 0.4) is 0 Å². The lowest BCUT2D eigenvalue weighted by molar-refractivity contribution is 0.0676. The van der Waals surface area contributed by atoms with Crippen LogP contribution < -0.4 is 0 Å². The van der Waals surface area contributed by atoms with Gasteiger partial charge in [-0.2, -0.15) is 0 Å². The van der Waals surface area contributed by atoms with Gasteiger partial charge in [0.05, 0.1) is 5.69 Å². The summed E-state index contributed by atoms with van der Waals surface area (Å²) in [6.45, 7) is 1.71. The first-order valence-corrected chi connectivity index (χ1v) is 4.60. The first-order valence-electron chi connectivity index (χ1n) is 4.60. The van der Waals surface area contributed by atoms with Crippen LogP contribution in [-0.2, 0) is 6.42 Å². The van der Waals surface area contributed by atoms with Crippen LogP contribution in [0.4, 0.5) is 0 Å². The molecule has 0 bridgehead atoms. The highest BCUT2D eigenvalue weighted by Gasteiger charge is 2.26. The average molecular weight is 196 g/mol. The second kappa shape index (κ2) is 3.09. The van der Waals surface area contributed by atoms with Gasteiger partial charge in [-0.25, -0.2) is 9.78 Å². The molecule has 5 nitrogen and oxygen atoms in total. The Bertz CT molecular complexity index is 384. The number of hydrogen-bond acceptors (Lipinski definition) is 3. The third-order valence-corrected chi connectivity index (χ3v) is 2.56. The molecule has 76 valence electrons. The zero-order chi connectivity index (χ0) is 10.3. The molecule has 0 fully saturated rings. The standard InChI is InChI=1S/C9H12N2O3/c1-5-10-8(9(13)14)6-3-2-4-7(12)11(5)6/h7,12H,2-4H2,1H3,(H,13,14). The van der Waals surface area contributed by atoms with Gasteiger partial charge in [-0.1, -0.05) is 0 Å². The number of nitrogens with zero attached hydrogens (tertiary/aromatic N) is 2. The summed E-state index contributed by atoms with van der Waals surface area (Å²) in [6.07, 6.45) is 1.55. The van der Waals surface area contributed by atoms with Crippen molar-refractivity contribution in [2.24, 2.45) is 0 Å². The fourth-order valence-electron chi connectivity index (χ4n) is 1.98. The Balaban J connectivity index is 2.57. The normalized spacial score (nSPS) is 20.6. The lowest BCUT2D eigenvalue weighted by atomic mass is 10.1. The number of aliphatic hydroxyl groups is 1. The maximum atomic E-state index is 10.8. The van der Waals surface area contributed by atoms with Crippen molar-refractivity contribution < 1.29 is 15.0 Å². The summed E-state index contributed by atoms with van der Waals surface area (Å²) in [5.41, 5.74) is 0.731. The second-order valence-corrected chi connectivity index (χ2v) is 3.50. The first-order chi connectivity index (χ1) is 6.61. The number of hydrogen-bond donors (Lipinski definition) is 2. The Labute approximate surface area is 81.0 Å². The van der Waals surface area contributed by atoms with E-state index in [0.29, 0.717) is 24.4 Å². The van der Waals surface area contributed by atoms with Crippen molar-refractivity contribution in [3.05, 3.63) is 17.2 Å². The van der Waals surface area contributed by atoms with Gasteiger partial charge in [0.1, 0.15) is 12.1 Å². The summed E-state index contributed by atoms with van der Waals surface area (Å²) in [5.74, 6) is -0.444. The number of aliphatic hydroxyl groups excluding tert-OH is 1. The van der Waals surface area contributed by atoms with Gasteiger partial charge in [-0.15, -0.1) is 0 Å². The van der Waals surface area contributed by atoms with Crippen molar-refractivity contribution in [2.75, 3.05) is 0 Å². The number of imidazole rings is 1. The molecule has 0 amide bonds. The van der Waals surface area contributed by atoms with E-state index in [9.17, 15) is 9.90 Å². The predicted molar refractivity (Wildman–Crippen MR) is 48.1 cm³/mol. The van der Waals surface area contributed by atoms with Crippen molar-refractivity contribution in [1.82, 2.24) is 9.55 Å². The molecular weight excluding hydrogens is 184 g/mol. The third kappa shape index (κ3) is 1.21. The summed E-state index contributed by atoms with van der Waals surface area (Å²) in [4.78, 5) is 14.8. The minimum absolute atomic E-state index is 0.0845. The molecule has 1 aromatic heterocycles. The molecule has 0 saturated carbocycles. The number of fused-ring (bicyclic) bond motifs is 1. The van der Waals surface area contributed by atoms with E-state index < -0.39 is 12.2 Å². The molecule has 2 heterocycles. The highest BCUT2D eigenvalue weighted by molar-refractivity contribution is 5.86. The Kier molecular flexibility index (Phi) is 2.03. The van der Waals surface area contributed by atoms with Gasteiger partial charge in [0.15, 0.2) is 5.69 Å². The molecule has 1 unspecified atom stereocenters. The van der Waals surface area contributed by atoms with Crippen molar-refractivity contribution in [3.8, 4) is 0 Å². The summed E-state index contributed by atoms with van der Waals surface area (Å²) in [6, 6.07) is 0. The maximum Gasteiger partial charge on any atom is 0.356 e. The summed E-state index contributed by atoms with van der Waals surface area (Å²) < 4.78 is 1.62. The van der Waals surface area contributed by atoms with Gasteiger partial charge < -0.3 is 14.8 Å². The van der Waals surface area contributed by atoms with Crippen LogP contribution >= 0.6 is 0 Å². The molecule has 2 N–H and O–H groups in total. The van der Waals surface area contributed by atoms with Crippen molar-refractivity contribution in [1.29, 1.82) is 0 Å². The van der Waals surface area contributed by atoms with E-state index in [2.05, 4.69) is 4.98 Å². The quantitative estimate of drug-likeness (QED) is 0.693. The van der Waals surface area contributed by atoms with Crippen LogP contribution in [-0.4, -0.2) is 25.7 Å². The lowest BCUT2D eigenvalue weighted by Crippen LogP contribution is -2.19. The SMILES string of the molecule is Cc1nc(C(=O)O)c2n1C(O)CCC2. The van der Waals surface area contributed by atoms with Crippen LogP contribution in [0.1, 0.15) is 41.1 Å². The molecule has 0 radical (unpaired) electrons. The zero-order valence-corrected chi connectivity index (χ0v) is 7.90. The van der Waals surface area contributed by atoms with Crippen LogP contribution in [0.5, 0.6) is 0 Å². The molecule has 2 rings (SSSR count). The molecular formula is C9H12N2O3. The van der Waals surface area contributed by atoms with Gasteiger partial charge >= 0.3 is 5.97 Å². The monoisotopic (exact) mass is 196 g/mol. The number of aromatic nitrogens is 2. The Hall–Kier alpha value is -1.36. The van der Waals surface area contributed by atoms with E-state index in [0.717, 1.165) is 6.42 Å². The van der Waals surface area contributed by atoms with Gasteiger partial charge in [0, 0.05) is 0 Å². The van der Waals surface area contributed by atoms with Crippen LogP contribution in [0, 0.1) is 6.92 Å². The van der Waals surface area contributed by atoms with E-state index in [1.807, 2.05) is 0 Å². The minimum atomic E-state index is -1.02. The van der Waals surface area contributed by atoms with E-state index >= 15 is 0 Å².